The number of hydrogen-bond donors (Lipinski definition) is 0. The molecule has 24 heavy (non-hydrogen) atoms. The lowest BCUT2D eigenvalue weighted by Crippen LogP contribution is -2.41. The maximum absolute atomic E-state index is 12.0. The Morgan fingerprint density at radius 2 is 1.75 bits per heavy atom. The van der Waals surface area contributed by atoms with Crippen molar-refractivity contribution in [1.82, 2.24) is 0 Å². The Kier molecular flexibility index (Phi) is 6.28. The van der Waals surface area contributed by atoms with Gasteiger partial charge in [-0.15, -0.1) is 0 Å². The van der Waals surface area contributed by atoms with Gasteiger partial charge in [-0.3, -0.25) is 4.79 Å². The molecule has 0 bridgehead atoms. The van der Waals surface area contributed by atoms with E-state index in [9.17, 15) is 9.59 Å². The number of carbonyl (C=O) groups is 2. The molecular formula is C16H24O6S2. The van der Waals surface area contributed by atoms with E-state index in [2.05, 4.69) is 0 Å². The Morgan fingerprint density at radius 1 is 1.17 bits per heavy atom. The summed E-state index contributed by atoms with van der Waals surface area (Å²) in [5.41, 5.74) is -0.0841. The van der Waals surface area contributed by atoms with E-state index in [-0.39, 0.29) is 29.6 Å². The lowest BCUT2D eigenvalue weighted by Gasteiger charge is -2.36. The van der Waals surface area contributed by atoms with Crippen LogP contribution in [-0.4, -0.2) is 53.6 Å². The van der Waals surface area contributed by atoms with Gasteiger partial charge in [0.1, 0.15) is 0 Å². The van der Waals surface area contributed by atoms with Crippen molar-refractivity contribution in [3.05, 3.63) is 0 Å². The van der Waals surface area contributed by atoms with Crippen LogP contribution in [0.3, 0.4) is 0 Å². The normalized spacial score (nSPS) is 26.7. The molecule has 0 aromatic heterocycles. The molecule has 0 aromatic rings. The number of esters is 1. The number of thioether (sulfide) groups is 1. The van der Waals surface area contributed by atoms with Crippen molar-refractivity contribution in [2.24, 2.45) is 11.3 Å². The number of ether oxygens (including phenoxy) is 4. The lowest BCUT2D eigenvalue weighted by molar-refractivity contribution is -0.249. The van der Waals surface area contributed by atoms with Crippen molar-refractivity contribution in [1.29, 1.82) is 0 Å². The molecule has 8 heteroatoms. The van der Waals surface area contributed by atoms with Gasteiger partial charge >= 0.3 is 5.97 Å². The van der Waals surface area contributed by atoms with Crippen LogP contribution in [0, 0.1) is 11.3 Å². The number of Topliss-reactive ketones (excluding diaryl/α,β-unsaturated/α-hetero) is 1. The highest BCUT2D eigenvalue weighted by Crippen LogP contribution is 2.60. The topological polar surface area (TPSA) is 71.1 Å². The van der Waals surface area contributed by atoms with Crippen LogP contribution in [0.4, 0.5) is 0 Å². The third kappa shape index (κ3) is 4.28. The second kappa shape index (κ2) is 7.68. The van der Waals surface area contributed by atoms with Gasteiger partial charge in [-0.1, -0.05) is 25.6 Å². The predicted molar refractivity (Wildman–Crippen MR) is 93.8 cm³/mol. The maximum atomic E-state index is 12.0. The van der Waals surface area contributed by atoms with Crippen molar-refractivity contribution in [2.75, 3.05) is 26.4 Å². The van der Waals surface area contributed by atoms with Crippen LogP contribution in [0.5, 0.6) is 0 Å². The second-order valence-electron chi connectivity index (χ2n) is 6.64. The molecule has 1 aliphatic carbocycles. The Bertz CT molecular complexity index is 509. The van der Waals surface area contributed by atoms with Crippen LogP contribution >= 0.6 is 24.0 Å². The summed E-state index contributed by atoms with van der Waals surface area (Å²) in [6.45, 7) is 9.32. The number of thiocarbonyl (C=S) groups is 1. The molecule has 2 aliphatic rings. The monoisotopic (exact) mass is 376 g/mol. The molecule has 1 aliphatic heterocycles. The van der Waals surface area contributed by atoms with E-state index in [1.807, 2.05) is 20.8 Å². The summed E-state index contributed by atoms with van der Waals surface area (Å²) in [7, 11) is 0. The van der Waals surface area contributed by atoms with Crippen LogP contribution in [0.25, 0.3) is 0 Å². The molecule has 1 saturated carbocycles. The third-order valence-corrected chi connectivity index (χ3v) is 5.57. The van der Waals surface area contributed by atoms with Gasteiger partial charge in [-0.05, 0) is 26.1 Å². The van der Waals surface area contributed by atoms with Gasteiger partial charge in [0, 0.05) is 17.8 Å². The van der Waals surface area contributed by atoms with Crippen molar-refractivity contribution in [2.45, 2.75) is 45.2 Å². The Hall–Kier alpha value is -0.700. The van der Waals surface area contributed by atoms with E-state index < -0.39 is 17.5 Å². The molecule has 2 rings (SSSR count). The molecule has 0 aromatic carbocycles. The molecule has 0 radical (unpaired) electrons. The standard InChI is InChI=1S/C16H24O6S2/c1-5-19-13(18)11(17)7-10-12(24-14(23)20-6-2)16(10)21-8-15(3,4)9-22-16/h10,12H,5-9H2,1-4H3/t10-,12+/m0/s1. The van der Waals surface area contributed by atoms with E-state index >= 15 is 0 Å². The highest BCUT2D eigenvalue weighted by atomic mass is 32.2. The zero-order chi connectivity index (χ0) is 18.0. The van der Waals surface area contributed by atoms with Crippen LogP contribution in [0.1, 0.15) is 34.1 Å². The largest absolute Gasteiger partial charge is 0.479 e. The van der Waals surface area contributed by atoms with Gasteiger partial charge in [0.15, 0.2) is 5.79 Å². The Labute approximate surface area is 151 Å². The highest BCUT2D eigenvalue weighted by Gasteiger charge is 2.71. The van der Waals surface area contributed by atoms with Gasteiger partial charge in [-0.25, -0.2) is 4.79 Å². The fourth-order valence-electron chi connectivity index (χ4n) is 2.62. The first-order chi connectivity index (χ1) is 11.3. The minimum atomic E-state index is -0.872. The van der Waals surface area contributed by atoms with Gasteiger partial charge < -0.3 is 18.9 Å². The van der Waals surface area contributed by atoms with Crippen LogP contribution < -0.4 is 0 Å². The Balaban J connectivity index is 2.04. The Morgan fingerprint density at radius 3 is 2.29 bits per heavy atom. The zero-order valence-electron chi connectivity index (χ0n) is 14.5. The fourth-order valence-corrected chi connectivity index (χ4v) is 4.29. The van der Waals surface area contributed by atoms with Crippen molar-refractivity contribution in [3.8, 4) is 0 Å². The van der Waals surface area contributed by atoms with E-state index in [0.717, 1.165) is 0 Å². The van der Waals surface area contributed by atoms with Crippen molar-refractivity contribution < 1.29 is 28.5 Å². The quantitative estimate of drug-likeness (QED) is 0.397. The summed E-state index contributed by atoms with van der Waals surface area (Å²) in [5.74, 6) is -2.49. The van der Waals surface area contributed by atoms with E-state index in [1.54, 1.807) is 6.92 Å². The molecule has 136 valence electrons. The maximum Gasteiger partial charge on any atom is 0.374 e. The molecular weight excluding hydrogens is 352 g/mol. The van der Waals surface area contributed by atoms with E-state index in [4.69, 9.17) is 31.2 Å². The second-order valence-corrected chi connectivity index (χ2v) is 8.38. The number of hydrogen-bond acceptors (Lipinski definition) is 8. The van der Waals surface area contributed by atoms with Gasteiger partial charge in [-0.2, -0.15) is 0 Å². The summed E-state index contributed by atoms with van der Waals surface area (Å²) in [5, 5.41) is -0.161. The van der Waals surface area contributed by atoms with Crippen molar-refractivity contribution in [3.63, 3.8) is 0 Å². The van der Waals surface area contributed by atoms with Gasteiger partial charge in [0.25, 0.3) is 0 Å². The van der Waals surface area contributed by atoms with E-state index in [1.165, 1.54) is 11.8 Å². The molecule has 2 atom stereocenters. The minimum Gasteiger partial charge on any atom is -0.479 e. The summed E-state index contributed by atoms with van der Waals surface area (Å²) in [4.78, 5) is 23.6. The number of rotatable bonds is 6. The SMILES string of the molecule is CCOC(=O)C(=O)C[C@H]1[C@@H](SC(=S)OCC)C12OCC(C)(C)CO2. The highest BCUT2D eigenvalue weighted by molar-refractivity contribution is 8.23. The predicted octanol–water partition coefficient (Wildman–Crippen LogP) is 2.33. The summed E-state index contributed by atoms with van der Waals surface area (Å²) >= 11 is 6.51. The van der Waals surface area contributed by atoms with Crippen LogP contribution in [-0.2, 0) is 28.5 Å². The fraction of sp³-hybridized carbons (Fsp3) is 0.812. The number of carbonyl (C=O) groups excluding carboxylic acids is 2. The average Bonchev–Trinajstić information content (AvgIpc) is 3.08. The third-order valence-electron chi connectivity index (χ3n) is 3.94. The molecule has 2 fully saturated rings. The first-order valence-corrected chi connectivity index (χ1v) is 9.36. The molecule has 1 heterocycles. The smallest absolute Gasteiger partial charge is 0.374 e. The minimum absolute atomic E-state index is 0.0195. The first kappa shape index (κ1) is 19.6. The molecule has 0 amide bonds. The van der Waals surface area contributed by atoms with Gasteiger partial charge in [0.2, 0.25) is 10.2 Å². The molecule has 0 unspecified atom stereocenters. The van der Waals surface area contributed by atoms with E-state index in [0.29, 0.717) is 24.2 Å². The average molecular weight is 376 g/mol. The zero-order valence-corrected chi connectivity index (χ0v) is 16.1. The van der Waals surface area contributed by atoms with Crippen LogP contribution in [0.2, 0.25) is 0 Å². The molecule has 0 N–H and O–H groups in total. The van der Waals surface area contributed by atoms with Crippen LogP contribution in [0.15, 0.2) is 0 Å². The number of ketones is 1. The molecule has 1 saturated heterocycles. The summed E-state index contributed by atoms with van der Waals surface area (Å²) in [6, 6.07) is 0. The van der Waals surface area contributed by atoms with Crippen molar-refractivity contribution >= 4 is 40.1 Å². The molecule has 1 spiro atoms. The first-order valence-electron chi connectivity index (χ1n) is 8.07. The van der Waals surface area contributed by atoms with Gasteiger partial charge in [0.05, 0.1) is 31.7 Å². The summed E-state index contributed by atoms with van der Waals surface area (Å²) < 4.78 is 22.4. The summed E-state index contributed by atoms with van der Waals surface area (Å²) in [6.07, 6.45) is 0.0195. The molecule has 6 nitrogen and oxygen atoms in total. The lowest BCUT2D eigenvalue weighted by atomic mass is 9.95.